The molecular formula is C22H25N5O3. The van der Waals surface area contributed by atoms with Gasteiger partial charge in [0.1, 0.15) is 11.6 Å². The lowest BCUT2D eigenvalue weighted by Gasteiger charge is -2.28. The molecule has 2 aromatic rings. The van der Waals surface area contributed by atoms with Crippen LogP contribution in [0.4, 0.5) is 5.82 Å². The molecule has 0 bridgehead atoms. The fraction of sp³-hybridized carbons (Fsp3) is 0.409. The molecule has 156 valence electrons. The van der Waals surface area contributed by atoms with Crippen LogP contribution in [0.1, 0.15) is 16.8 Å². The Labute approximate surface area is 176 Å². The molecule has 0 aliphatic carbocycles. The fourth-order valence-corrected chi connectivity index (χ4v) is 3.86. The Morgan fingerprint density at radius 3 is 2.83 bits per heavy atom. The fourth-order valence-electron chi connectivity index (χ4n) is 3.86. The number of hydrogen-bond donors (Lipinski definition) is 1. The first-order chi connectivity index (χ1) is 14.7. The number of hydrogen-bond acceptors (Lipinski definition) is 7. The van der Waals surface area contributed by atoms with Crippen LogP contribution in [0.5, 0.6) is 5.75 Å². The number of likely N-dealkylation sites (tertiary alicyclic amines) is 1. The second-order valence-electron chi connectivity index (χ2n) is 7.42. The Hall–Kier alpha value is -3.31. The van der Waals surface area contributed by atoms with Crippen LogP contribution in [0, 0.1) is 11.5 Å². The van der Waals surface area contributed by atoms with Crippen molar-refractivity contribution in [2.24, 2.45) is 0 Å². The minimum atomic E-state index is -0.159. The Morgan fingerprint density at radius 1 is 1.27 bits per heavy atom. The number of nitrogens with one attached hydrogen (secondary N) is 1. The maximum Gasteiger partial charge on any atom is 0.251 e. The normalized spacial score (nSPS) is 18.7. The van der Waals surface area contributed by atoms with Crippen LogP contribution in [-0.2, 0) is 4.74 Å². The molecule has 1 aromatic heterocycles. The van der Waals surface area contributed by atoms with Crippen LogP contribution in [0.15, 0.2) is 36.5 Å². The molecule has 30 heavy (non-hydrogen) atoms. The highest BCUT2D eigenvalue weighted by atomic mass is 16.5. The standard InChI is InChI=1S/C22H25N5O3/c1-29-20-12-17(22(28)25-18-5-7-26(14-18)15-23)2-3-19(20)16-4-6-24-21(13-16)27-8-10-30-11-9-27/h2-4,6,12-13,18H,5,7-11,14H2,1H3,(H,25,28)/t18-/m1/s1. The monoisotopic (exact) mass is 407 g/mol. The summed E-state index contributed by atoms with van der Waals surface area (Å²) in [6, 6.07) is 9.44. The van der Waals surface area contributed by atoms with Crippen molar-refractivity contribution in [3.05, 3.63) is 42.1 Å². The van der Waals surface area contributed by atoms with Crippen LogP contribution in [0.2, 0.25) is 0 Å². The number of amides is 1. The molecule has 1 amide bonds. The lowest BCUT2D eigenvalue weighted by atomic mass is 10.0. The number of aromatic nitrogens is 1. The van der Waals surface area contributed by atoms with E-state index in [0.717, 1.165) is 36.5 Å². The number of rotatable bonds is 5. The summed E-state index contributed by atoms with van der Waals surface area (Å²) in [5.74, 6) is 1.38. The van der Waals surface area contributed by atoms with Crippen molar-refractivity contribution in [2.75, 3.05) is 51.4 Å². The molecule has 2 aliphatic rings. The summed E-state index contributed by atoms with van der Waals surface area (Å²) in [6.07, 6.45) is 4.69. The lowest BCUT2D eigenvalue weighted by molar-refractivity contribution is 0.0938. The van der Waals surface area contributed by atoms with Crippen molar-refractivity contribution in [1.29, 1.82) is 5.26 Å². The van der Waals surface area contributed by atoms with E-state index in [-0.39, 0.29) is 11.9 Å². The number of ether oxygens (including phenoxy) is 2. The number of anilines is 1. The molecule has 2 aliphatic heterocycles. The quantitative estimate of drug-likeness (QED) is 0.757. The van der Waals surface area contributed by atoms with Gasteiger partial charge >= 0.3 is 0 Å². The minimum Gasteiger partial charge on any atom is -0.496 e. The van der Waals surface area contributed by atoms with Gasteiger partial charge in [0.05, 0.1) is 20.3 Å². The van der Waals surface area contributed by atoms with Crippen molar-refractivity contribution in [3.63, 3.8) is 0 Å². The largest absolute Gasteiger partial charge is 0.496 e. The van der Waals surface area contributed by atoms with E-state index < -0.39 is 0 Å². The van der Waals surface area contributed by atoms with Gasteiger partial charge in [0.15, 0.2) is 6.19 Å². The highest BCUT2D eigenvalue weighted by molar-refractivity contribution is 5.96. The van der Waals surface area contributed by atoms with Crippen LogP contribution in [0.3, 0.4) is 0 Å². The number of benzene rings is 1. The van der Waals surface area contributed by atoms with Gasteiger partial charge in [-0.05, 0) is 42.3 Å². The molecule has 0 unspecified atom stereocenters. The molecule has 0 saturated carbocycles. The number of nitriles is 1. The van der Waals surface area contributed by atoms with Crippen molar-refractivity contribution < 1.29 is 14.3 Å². The van der Waals surface area contributed by atoms with Crippen LogP contribution >= 0.6 is 0 Å². The zero-order valence-corrected chi connectivity index (χ0v) is 17.0. The summed E-state index contributed by atoms with van der Waals surface area (Å²) < 4.78 is 11.0. The van der Waals surface area contributed by atoms with Crippen molar-refractivity contribution >= 4 is 11.7 Å². The van der Waals surface area contributed by atoms with E-state index in [0.29, 0.717) is 37.6 Å². The average Bonchev–Trinajstić information content (AvgIpc) is 3.26. The molecule has 4 rings (SSSR count). The molecule has 0 spiro atoms. The van der Waals surface area contributed by atoms with Gasteiger partial charge in [-0.15, -0.1) is 0 Å². The molecule has 1 aromatic carbocycles. The average molecular weight is 407 g/mol. The molecule has 3 heterocycles. The Morgan fingerprint density at radius 2 is 2.10 bits per heavy atom. The number of nitrogens with zero attached hydrogens (tertiary/aromatic N) is 4. The highest BCUT2D eigenvalue weighted by Gasteiger charge is 2.24. The molecule has 1 atom stereocenters. The van der Waals surface area contributed by atoms with Crippen molar-refractivity contribution in [3.8, 4) is 23.1 Å². The number of morpholine rings is 1. The van der Waals surface area contributed by atoms with E-state index in [1.54, 1.807) is 30.3 Å². The number of carbonyl (C=O) groups is 1. The second kappa shape index (κ2) is 9.01. The van der Waals surface area contributed by atoms with Gasteiger partial charge in [-0.1, -0.05) is 0 Å². The molecule has 8 heteroatoms. The first-order valence-electron chi connectivity index (χ1n) is 10.1. The molecular weight excluding hydrogens is 382 g/mol. The van der Waals surface area contributed by atoms with Gasteiger partial charge in [-0.3, -0.25) is 4.79 Å². The molecule has 8 nitrogen and oxygen atoms in total. The summed E-state index contributed by atoms with van der Waals surface area (Å²) in [5, 5.41) is 12.0. The van der Waals surface area contributed by atoms with E-state index >= 15 is 0 Å². The minimum absolute atomic E-state index is 0.0147. The first kappa shape index (κ1) is 20.0. The number of carbonyl (C=O) groups excluding carboxylic acids is 1. The van der Waals surface area contributed by atoms with Gasteiger partial charge < -0.3 is 24.6 Å². The van der Waals surface area contributed by atoms with Crippen LogP contribution in [0.25, 0.3) is 11.1 Å². The van der Waals surface area contributed by atoms with E-state index in [2.05, 4.69) is 21.4 Å². The topological polar surface area (TPSA) is 90.7 Å². The van der Waals surface area contributed by atoms with E-state index in [9.17, 15) is 4.79 Å². The van der Waals surface area contributed by atoms with Gasteiger partial charge in [-0.2, -0.15) is 5.26 Å². The van der Waals surface area contributed by atoms with Gasteiger partial charge in [0.25, 0.3) is 5.91 Å². The molecule has 2 saturated heterocycles. The summed E-state index contributed by atoms with van der Waals surface area (Å²) in [6.45, 7) is 4.27. The van der Waals surface area contributed by atoms with Crippen molar-refractivity contribution in [2.45, 2.75) is 12.5 Å². The van der Waals surface area contributed by atoms with E-state index in [1.165, 1.54) is 0 Å². The molecule has 0 radical (unpaired) electrons. The maximum atomic E-state index is 12.7. The highest BCUT2D eigenvalue weighted by Crippen LogP contribution is 2.32. The molecule has 1 N–H and O–H groups in total. The SMILES string of the molecule is COc1cc(C(=O)N[C@@H]2CCN(C#N)C2)ccc1-c1ccnc(N2CCOCC2)c1. The summed E-state index contributed by atoms with van der Waals surface area (Å²) in [5.41, 5.74) is 2.42. The third-order valence-electron chi connectivity index (χ3n) is 5.52. The Bertz CT molecular complexity index is 952. The van der Waals surface area contributed by atoms with Gasteiger partial charge in [-0.25, -0.2) is 4.98 Å². The summed E-state index contributed by atoms with van der Waals surface area (Å²) >= 11 is 0. The van der Waals surface area contributed by atoms with Crippen molar-refractivity contribution in [1.82, 2.24) is 15.2 Å². The second-order valence-corrected chi connectivity index (χ2v) is 7.42. The Kier molecular flexibility index (Phi) is 6.00. The third-order valence-corrected chi connectivity index (χ3v) is 5.52. The lowest BCUT2D eigenvalue weighted by Crippen LogP contribution is -2.36. The van der Waals surface area contributed by atoms with Gasteiger partial charge in [0.2, 0.25) is 0 Å². The molecule has 2 fully saturated rings. The van der Waals surface area contributed by atoms with E-state index in [1.807, 2.05) is 18.2 Å². The van der Waals surface area contributed by atoms with E-state index in [4.69, 9.17) is 14.7 Å². The van der Waals surface area contributed by atoms with Crippen LogP contribution in [-0.4, -0.2) is 68.3 Å². The summed E-state index contributed by atoms with van der Waals surface area (Å²) in [4.78, 5) is 21.0. The number of methoxy groups -OCH3 is 1. The van der Waals surface area contributed by atoms with Crippen LogP contribution < -0.4 is 15.0 Å². The third kappa shape index (κ3) is 4.31. The zero-order valence-electron chi connectivity index (χ0n) is 17.0. The predicted molar refractivity (Wildman–Crippen MR) is 112 cm³/mol. The summed E-state index contributed by atoms with van der Waals surface area (Å²) in [7, 11) is 1.60. The zero-order chi connectivity index (χ0) is 20.9. The predicted octanol–water partition coefficient (Wildman–Crippen LogP) is 1.88. The smallest absolute Gasteiger partial charge is 0.251 e. The first-order valence-corrected chi connectivity index (χ1v) is 10.1. The Balaban J connectivity index is 1.52. The maximum absolute atomic E-state index is 12.7. The van der Waals surface area contributed by atoms with Gasteiger partial charge in [0, 0.05) is 49.5 Å². The number of pyridine rings is 1.